The molecule has 0 spiro atoms. The summed E-state index contributed by atoms with van der Waals surface area (Å²) in [4.78, 5) is 0.405. The van der Waals surface area contributed by atoms with Crippen LogP contribution < -0.4 is 5.73 Å². The zero-order valence-corrected chi connectivity index (χ0v) is 12.4. The van der Waals surface area contributed by atoms with E-state index in [1.807, 2.05) is 26.0 Å². The van der Waals surface area contributed by atoms with E-state index in [2.05, 4.69) is 0 Å². The molecule has 2 rings (SSSR count). The molecule has 19 heavy (non-hydrogen) atoms. The monoisotopic (exact) mass is 282 g/mol. The Morgan fingerprint density at radius 2 is 2.00 bits per heavy atom. The zero-order chi connectivity index (χ0) is 14.0. The van der Waals surface area contributed by atoms with Crippen LogP contribution in [0.15, 0.2) is 29.2 Å². The summed E-state index contributed by atoms with van der Waals surface area (Å²) in [5.41, 5.74) is 6.75. The SMILES string of the molecule is Cc1ccccc1S(=O)(=O)N1CCCCC1C(C)N. The van der Waals surface area contributed by atoms with Crippen molar-refractivity contribution in [1.82, 2.24) is 4.31 Å². The van der Waals surface area contributed by atoms with Crippen molar-refractivity contribution >= 4 is 10.0 Å². The quantitative estimate of drug-likeness (QED) is 0.920. The van der Waals surface area contributed by atoms with Gasteiger partial charge in [0.25, 0.3) is 0 Å². The molecule has 106 valence electrons. The van der Waals surface area contributed by atoms with E-state index in [4.69, 9.17) is 5.73 Å². The molecule has 0 saturated carbocycles. The molecule has 1 aromatic rings. The number of aryl methyl sites for hydroxylation is 1. The summed E-state index contributed by atoms with van der Waals surface area (Å²) in [7, 11) is -3.43. The van der Waals surface area contributed by atoms with Crippen molar-refractivity contribution in [2.24, 2.45) is 5.73 Å². The van der Waals surface area contributed by atoms with E-state index in [9.17, 15) is 8.42 Å². The number of piperidine rings is 1. The van der Waals surface area contributed by atoms with Gasteiger partial charge in [0.15, 0.2) is 0 Å². The van der Waals surface area contributed by atoms with Crippen molar-refractivity contribution in [2.75, 3.05) is 6.54 Å². The smallest absolute Gasteiger partial charge is 0.243 e. The molecule has 2 unspecified atom stereocenters. The highest BCUT2D eigenvalue weighted by molar-refractivity contribution is 7.89. The van der Waals surface area contributed by atoms with Crippen molar-refractivity contribution in [1.29, 1.82) is 0 Å². The minimum atomic E-state index is -3.43. The average molecular weight is 282 g/mol. The average Bonchev–Trinajstić information content (AvgIpc) is 2.39. The maximum absolute atomic E-state index is 12.8. The number of nitrogens with two attached hydrogens (primary N) is 1. The second-order valence-electron chi connectivity index (χ2n) is 5.30. The van der Waals surface area contributed by atoms with Gasteiger partial charge < -0.3 is 5.73 Å². The van der Waals surface area contributed by atoms with E-state index in [0.29, 0.717) is 11.4 Å². The highest BCUT2D eigenvalue weighted by atomic mass is 32.2. The summed E-state index contributed by atoms with van der Waals surface area (Å²) >= 11 is 0. The molecule has 1 aliphatic heterocycles. The number of sulfonamides is 1. The first-order valence-corrected chi connectivity index (χ1v) is 8.21. The zero-order valence-electron chi connectivity index (χ0n) is 11.5. The fourth-order valence-electron chi connectivity index (χ4n) is 2.73. The molecule has 2 N–H and O–H groups in total. The van der Waals surface area contributed by atoms with E-state index >= 15 is 0 Å². The molecule has 1 fully saturated rings. The van der Waals surface area contributed by atoms with E-state index in [0.717, 1.165) is 24.8 Å². The van der Waals surface area contributed by atoms with Gasteiger partial charge in [0.05, 0.1) is 4.90 Å². The molecule has 1 aliphatic rings. The molecule has 1 heterocycles. The van der Waals surface area contributed by atoms with Gasteiger partial charge in [0.2, 0.25) is 10.0 Å². The number of hydrogen-bond acceptors (Lipinski definition) is 3. The summed E-state index contributed by atoms with van der Waals surface area (Å²) < 4.78 is 27.2. The minimum Gasteiger partial charge on any atom is -0.326 e. The lowest BCUT2D eigenvalue weighted by atomic mass is 10.00. The van der Waals surface area contributed by atoms with Gasteiger partial charge in [-0.1, -0.05) is 24.6 Å². The number of rotatable bonds is 3. The Morgan fingerprint density at radius 3 is 2.63 bits per heavy atom. The number of hydrogen-bond donors (Lipinski definition) is 1. The molecular weight excluding hydrogens is 260 g/mol. The third-order valence-corrected chi connectivity index (χ3v) is 5.87. The maximum Gasteiger partial charge on any atom is 0.243 e. The van der Waals surface area contributed by atoms with Crippen LogP contribution in [-0.4, -0.2) is 31.4 Å². The van der Waals surface area contributed by atoms with Gasteiger partial charge in [-0.15, -0.1) is 0 Å². The van der Waals surface area contributed by atoms with Gasteiger partial charge in [-0.25, -0.2) is 8.42 Å². The lowest BCUT2D eigenvalue weighted by Crippen LogP contribution is -2.51. The summed E-state index contributed by atoms with van der Waals surface area (Å²) in [6.07, 6.45) is 2.81. The summed E-state index contributed by atoms with van der Waals surface area (Å²) in [5, 5.41) is 0. The maximum atomic E-state index is 12.8. The first-order chi connectivity index (χ1) is 8.94. The van der Waals surface area contributed by atoms with Crippen LogP contribution in [0.1, 0.15) is 31.7 Å². The van der Waals surface area contributed by atoms with Crippen molar-refractivity contribution in [3.05, 3.63) is 29.8 Å². The van der Waals surface area contributed by atoms with Crippen molar-refractivity contribution in [2.45, 2.75) is 50.1 Å². The lowest BCUT2D eigenvalue weighted by molar-refractivity contribution is 0.227. The minimum absolute atomic E-state index is 0.0849. The fourth-order valence-corrected chi connectivity index (χ4v) is 4.73. The van der Waals surface area contributed by atoms with E-state index in [-0.39, 0.29) is 12.1 Å². The summed E-state index contributed by atoms with van der Waals surface area (Å²) in [6.45, 7) is 4.29. The van der Waals surface area contributed by atoms with Crippen LogP contribution in [0.5, 0.6) is 0 Å². The predicted octanol–water partition coefficient (Wildman–Crippen LogP) is 1.89. The lowest BCUT2D eigenvalue weighted by Gasteiger charge is -2.37. The second kappa shape index (κ2) is 5.61. The third kappa shape index (κ3) is 2.83. The van der Waals surface area contributed by atoms with Crippen LogP contribution in [0.25, 0.3) is 0 Å². The van der Waals surface area contributed by atoms with E-state index in [1.54, 1.807) is 16.4 Å². The highest BCUT2D eigenvalue weighted by Crippen LogP contribution is 2.28. The predicted molar refractivity (Wildman–Crippen MR) is 76.4 cm³/mol. The van der Waals surface area contributed by atoms with Crippen LogP contribution in [0.4, 0.5) is 0 Å². The van der Waals surface area contributed by atoms with Gasteiger partial charge in [-0.3, -0.25) is 0 Å². The second-order valence-corrected chi connectivity index (χ2v) is 7.16. The Balaban J connectivity index is 2.40. The Kier molecular flexibility index (Phi) is 4.28. The Hall–Kier alpha value is -0.910. The molecule has 0 aliphatic carbocycles. The summed E-state index contributed by atoms with van der Waals surface area (Å²) in [5.74, 6) is 0. The van der Waals surface area contributed by atoms with E-state index in [1.165, 1.54) is 0 Å². The van der Waals surface area contributed by atoms with Crippen molar-refractivity contribution in [3.63, 3.8) is 0 Å². The molecule has 1 aromatic carbocycles. The van der Waals surface area contributed by atoms with Crippen LogP contribution >= 0.6 is 0 Å². The Bertz CT molecular complexity index is 540. The van der Waals surface area contributed by atoms with Gasteiger partial charge in [-0.2, -0.15) is 4.31 Å². The van der Waals surface area contributed by atoms with Crippen LogP contribution in [0.3, 0.4) is 0 Å². The van der Waals surface area contributed by atoms with Crippen molar-refractivity contribution in [3.8, 4) is 0 Å². The van der Waals surface area contributed by atoms with Gasteiger partial charge in [0.1, 0.15) is 0 Å². The Morgan fingerprint density at radius 1 is 1.32 bits per heavy atom. The van der Waals surface area contributed by atoms with Gasteiger partial charge >= 0.3 is 0 Å². The first kappa shape index (κ1) is 14.5. The summed E-state index contributed by atoms with van der Waals surface area (Å²) in [6, 6.07) is 6.91. The molecule has 0 aromatic heterocycles. The molecule has 0 radical (unpaired) electrons. The largest absolute Gasteiger partial charge is 0.326 e. The van der Waals surface area contributed by atoms with Crippen LogP contribution in [-0.2, 0) is 10.0 Å². The van der Waals surface area contributed by atoms with E-state index < -0.39 is 10.0 Å². The van der Waals surface area contributed by atoms with Gasteiger partial charge in [-0.05, 0) is 38.3 Å². The molecule has 2 atom stereocenters. The molecular formula is C14H22N2O2S. The first-order valence-electron chi connectivity index (χ1n) is 6.77. The standard InChI is InChI=1S/C14H22N2O2S/c1-11-7-3-4-9-14(11)19(17,18)16-10-6-5-8-13(16)12(2)15/h3-4,7,9,12-13H,5-6,8,10,15H2,1-2H3. The van der Waals surface area contributed by atoms with Gasteiger partial charge in [0, 0.05) is 18.6 Å². The highest BCUT2D eigenvalue weighted by Gasteiger charge is 2.35. The molecule has 1 saturated heterocycles. The molecule has 4 nitrogen and oxygen atoms in total. The topological polar surface area (TPSA) is 63.4 Å². The number of benzene rings is 1. The molecule has 5 heteroatoms. The Labute approximate surface area is 115 Å². The fraction of sp³-hybridized carbons (Fsp3) is 0.571. The molecule has 0 bridgehead atoms. The number of nitrogens with zero attached hydrogens (tertiary/aromatic N) is 1. The van der Waals surface area contributed by atoms with Crippen molar-refractivity contribution < 1.29 is 8.42 Å². The normalized spacial score (nSPS) is 23.2. The molecule has 0 amide bonds. The third-order valence-electron chi connectivity index (χ3n) is 3.79. The van der Waals surface area contributed by atoms with Crippen LogP contribution in [0, 0.1) is 6.92 Å². The van der Waals surface area contributed by atoms with Crippen LogP contribution in [0.2, 0.25) is 0 Å².